The summed E-state index contributed by atoms with van der Waals surface area (Å²) >= 11 is 3.27. The van der Waals surface area contributed by atoms with Gasteiger partial charge in [-0.05, 0) is 59.4 Å². The van der Waals surface area contributed by atoms with Gasteiger partial charge in [-0.25, -0.2) is 4.39 Å². The predicted octanol–water partition coefficient (Wildman–Crippen LogP) is 4.66. The van der Waals surface area contributed by atoms with Gasteiger partial charge < -0.3 is 5.32 Å². The Kier molecular flexibility index (Phi) is 6.33. The van der Waals surface area contributed by atoms with Crippen molar-refractivity contribution in [3.05, 3.63) is 64.1 Å². The second kappa shape index (κ2) is 8.25. The van der Waals surface area contributed by atoms with E-state index in [0.29, 0.717) is 4.47 Å². The van der Waals surface area contributed by atoms with Crippen LogP contribution in [-0.4, -0.2) is 11.5 Å². The van der Waals surface area contributed by atoms with E-state index in [-0.39, 0.29) is 11.9 Å². The summed E-state index contributed by atoms with van der Waals surface area (Å²) < 4.78 is 14.8. The molecule has 0 aliphatic rings. The summed E-state index contributed by atoms with van der Waals surface area (Å²) in [6.07, 6.45) is 6.39. The van der Waals surface area contributed by atoms with E-state index < -0.39 is 0 Å². The Morgan fingerprint density at radius 2 is 2.14 bits per heavy atom. The lowest BCUT2D eigenvalue weighted by atomic mass is 9.99. The maximum absolute atomic E-state index is 14.3. The highest BCUT2D eigenvalue weighted by molar-refractivity contribution is 9.10. The highest BCUT2D eigenvalue weighted by Gasteiger charge is 2.16. The molecule has 1 heterocycles. The van der Waals surface area contributed by atoms with E-state index in [4.69, 9.17) is 0 Å². The second-order valence-corrected chi connectivity index (χ2v) is 5.90. The normalized spacial score (nSPS) is 12.3. The molecule has 2 nitrogen and oxygen atoms in total. The van der Waals surface area contributed by atoms with Gasteiger partial charge in [0.1, 0.15) is 5.82 Å². The van der Waals surface area contributed by atoms with Gasteiger partial charge in [-0.3, -0.25) is 4.98 Å². The van der Waals surface area contributed by atoms with Gasteiger partial charge in [-0.15, -0.1) is 0 Å². The molecule has 1 atom stereocenters. The molecule has 0 radical (unpaired) electrons. The number of nitrogens with zero attached hydrogens (tertiary/aromatic N) is 1. The Bertz CT molecular complexity index is 560. The zero-order chi connectivity index (χ0) is 15.1. The summed E-state index contributed by atoms with van der Waals surface area (Å²) in [6.45, 7) is 2.99. The molecule has 0 fully saturated rings. The van der Waals surface area contributed by atoms with Crippen molar-refractivity contribution in [3.63, 3.8) is 0 Å². The highest BCUT2D eigenvalue weighted by Crippen LogP contribution is 2.26. The summed E-state index contributed by atoms with van der Waals surface area (Å²) in [6, 6.07) is 9.48. The number of benzene rings is 1. The van der Waals surface area contributed by atoms with Gasteiger partial charge >= 0.3 is 0 Å². The van der Waals surface area contributed by atoms with Gasteiger partial charge in [-0.1, -0.05) is 25.1 Å². The van der Waals surface area contributed by atoms with Crippen molar-refractivity contribution in [3.8, 4) is 0 Å². The Balaban J connectivity index is 2.12. The third-order valence-electron chi connectivity index (χ3n) is 3.44. The van der Waals surface area contributed by atoms with E-state index in [0.717, 1.165) is 31.4 Å². The first kappa shape index (κ1) is 16.1. The van der Waals surface area contributed by atoms with Crippen molar-refractivity contribution in [2.45, 2.75) is 32.2 Å². The second-order valence-electron chi connectivity index (χ2n) is 5.05. The van der Waals surface area contributed by atoms with Crippen LogP contribution in [0.4, 0.5) is 4.39 Å². The molecule has 112 valence electrons. The molecule has 2 aromatic rings. The van der Waals surface area contributed by atoms with E-state index in [9.17, 15) is 4.39 Å². The number of hydrogen-bond acceptors (Lipinski definition) is 2. The molecule has 2 rings (SSSR count). The minimum absolute atomic E-state index is 0.0163. The summed E-state index contributed by atoms with van der Waals surface area (Å²) in [7, 11) is 0. The van der Waals surface area contributed by atoms with Crippen molar-refractivity contribution in [2.24, 2.45) is 0 Å². The highest BCUT2D eigenvalue weighted by atomic mass is 79.9. The van der Waals surface area contributed by atoms with Crippen LogP contribution < -0.4 is 5.32 Å². The molecule has 0 aliphatic carbocycles. The molecule has 0 aliphatic heterocycles. The van der Waals surface area contributed by atoms with Gasteiger partial charge in [0, 0.05) is 24.0 Å². The Morgan fingerprint density at radius 3 is 2.86 bits per heavy atom. The topological polar surface area (TPSA) is 24.9 Å². The van der Waals surface area contributed by atoms with Gasteiger partial charge in [-0.2, -0.15) is 0 Å². The van der Waals surface area contributed by atoms with E-state index in [1.54, 1.807) is 12.3 Å². The standard InChI is InChI=1S/C17H20BrFN2/c1-2-10-21-16(9-8-13-5-4-11-20-12-13)14-6-3-7-15(18)17(14)19/h3-7,11-12,16,21H,2,8-10H2,1H3. The molecule has 0 saturated carbocycles. The van der Waals surface area contributed by atoms with Gasteiger partial charge in [0.15, 0.2) is 0 Å². The lowest BCUT2D eigenvalue weighted by Crippen LogP contribution is -2.23. The Morgan fingerprint density at radius 1 is 1.29 bits per heavy atom. The number of aryl methyl sites for hydroxylation is 1. The van der Waals surface area contributed by atoms with Crippen LogP contribution in [0, 0.1) is 5.82 Å². The first-order valence-electron chi connectivity index (χ1n) is 7.28. The number of rotatable bonds is 7. The van der Waals surface area contributed by atoms with Crippen molar-refractivity contribution in [2.75, 3.05) is 6.54 Å². The Hall–Kier alpha value is -1.26. The molecule has 1 aromatic carbocycles. The molecule has 0 bridgehead atoms. The number of nitrogens with one attached hydrogen (secondary N) is 1. The van der Waals surface area contributed by atoms with Crippen molar-refractivity contribution in [1.82, 2.24) is 10.3 Å². The zero-order valence-corrected chi connectivity index (χ0v) is 13.7. The van der Waals surface area contributed by atoms with Crippen LogP contribution in [0.2, 0.25) is 0 Å². The summed E-state index contributed by atoms with van der Waals surface area (Å²) in [4.78, 5) is 4.13. The molecular formula is C17H20BrFN2. The monoisotopic (exact) mass is 350 g/mol. The number of hydrogen-bond donors (Lipinski definition) is 1. The van der Waals surface area contributed by atoms with Crippen molar-refractivity contribution in [1.29, 1.82) is 0 Å². The fourth-order valence-electron chi connectivity index (χ4n) is 2.33. The molecule has 0 saturated heterocycles. The van der Waals surface area contributed by atoms with Crippen molar-refractivity contribution < 1.29 is 4.39 Å². The lowest BCUT2D eigenvalue weighted by Gasteiger charge is -2.20. The van der Waals surface area contributed by atoms with Crippen LogP contribution in [0.1, 0.15) is 36.9 Å². The quantitative estimate of drug-likeness (QED) is 0.785. The number of pyridine rings is 1. The molecule has 0 spiro atoms. The first-order chi connectivity index (χ1) is 10.2. The van der Waals surface area contributed by atoms with Crippen LogP contribution in [0.15, 0.2) is 47.2 Å². The van der Waals surface area contributed by atoms with Gasteiger partial charge in [0.2, 0.25) is 0 Å². The molecule has 0 amide bonds. The molecule has 1 aromatic heterocycles. The largest absolute Gasteiger partial charge is 0.310 e. The van der Waals surface area contributed by atoms with Gasteiger partial charge in [0.05, 0.1) is 4.47 Å². The maximum atomic E-state index is 14.3. The zero-order valence-electron chi connectivity index (χ0n) is 12.2. The van der Waals surface area contributed by atoms with E-state index >= 15 is 0 Å². The summed E-state index contributed by atoms with van der Waals surface area (Å²) in [5.41, 5.74) is 1.90. The molecule has 4 heteroatoms. The Labute approximate surface area is 133 Å². The molecule has 1 unspecified atom stereocenters. The lowest BCUT2D eigenvalue weighted by molar-refractivity contribution is 0.472. The maximum Gasteiger partial charge on any atom is 0.142 e. The van der Waals surface area contributed by atoms with Crippen LogP contribution >= 0.6 is 15.9 Å². The number of halogens is 2. The fraction of sp³-hybridized carbons (Fsp3) is 0.353. The van der Waals surface area contributed by atoms with Crippen molar-refractivity contribution >= 4 is 15.9 Å². The van der Waals surface area contributed by atoms with Crippen LogP contribution in [0.3, 0.4) is 0 Å². The van der Waals surface area contributed by atoms with Crippen LogP contribution in [-0.2, 0) is 6.42 Å². The third-order valence-corrected chi connectivity index (χ3v) is 4.05. The minimum Gasteiger partial charge on any atom is -0.310 e. The van der Waals surface area contributed by atoms with E-state index in [1.165, 1.54) is 5.56 Å². The summed E-state index contributed by atoms with van der Waals surface area (Å²) in [5.74, 6) is -0.169. The predicted molar refractivity (Wildman–Crippen MR) is 87.7 cm³/mol. The van der Waals surface area contributed by atoms with Crippen LogP contribution in [0.25, 0.3) is 0 Å². The van der Waals surface area contributed by atoms with Gasteiger partial charge in [0.25, 0.3) is 0 Å². The minimum atomic E-state index is -0.169. The van der Waals surface area contributed by atoms with E-state index in [1.807, 2.05) is 24.4 Å². The SMILES string of the molecule is CCCNC(CCc1cccnc1)c1cccc(Br)c1F. The molecular weight excluding hydrogens is 331 g/mol. The first-order valence-corrected chi connectivity index (χ1v) is 8.08. The van der Waals surface area contributed by atoms with E-state index in [2.05, 4.69) is 39.2 Å². The summed E-state index contributed by atoms with van der Waals surface area (Å²) in [5, 5.41) is 3.44. The molecule has 21 heavy (non-hydrogen) atoms. The smallest absolute Gasteiger partial charge is 0.142 e. The fourth-order valence-corrected chi connectivity index (χ4v) is 2.71. The van der Waals surface area contributed by atoms with Crippen LogP contribution in [0.5, 0.6) is 0 Å². The molecule has 1 N–H and O–H groups in total. The average molecular weight is 351 g/mol. The average Bonchev–Trinajstić information content (AvgIpc) is 2.52. The number of aromatic nitrogens is 1. The third kappa shape index (κ3) is 4.61.